The molecule has 0 aliphatic rings. The van der Waals surface area contributed by atoms with Crippen LogP contribution >= 0.6 is 0 Å². The predicted octanol–water partition coefficient (Wildman–Crippen LogP) is 13.2. The van der Waals surface area contributed by atoms with E-state index in [9.17, 15) is 38.4 Å². The first kappa shape index (κ1) is 69.5. The normalized spacial score (nSPS) is 10.2. The number of carbonyl (C=O) groups excluding carboxylic acids is 8. The molecule has 0 spiro atoms. The summed E-state index contributed by atoms with van der Waals surface area (Å²) in [4.78, 5) is 93.0. The summed E-state index contributed by atoms with van der Waals surface area (Å²) in [5.74, 6) is -0.684. The van der Waals surface area contributed by atoms with E-state index in [2.05, 4.69) is 50.6 Å². The van der Waals surface area contributed by atoms with Crippen molar-refractivity contribution in [2.45, 2.75) is 84.0 Å². The molecule has 5 rings (SSSR count). The van der Waals surface area contributed by atoms with Crippen LogP contribution in [0.15, 0.2) is 166 Å². The highest BCUT2D eigenvalue weighted by molar-refractivity contribution is 5.92. The van der Waals surface area contributed by atoms with Crippen LogP contribution in [-0.4, -0.2) is 101 Å². The average molecular weight is 1200 g/mol. The molecule has 0 fully saturated rings. The predicted molar refractivity (Wildman–Crippen MR) is 321 cm³/mol. The lowest BCUT2D eigenvalue weighted by Gasteiger charge is -2.11. The summed E-state index contributed by atoms with van der Waals surface area (Å²) in [6.45, 7) is 17.7. The van der Waals surface area contributed by atoms with E-state index >= 15 is 0 Å². The van der Waals surface area contributed by atoms with Gasteiger partial charge in [0.1, 0.15) is 34.5 Å². The van der Waals surface area contributed by atoms with Crippen LogP contribution in [0.1, 0.15) is 103 Å². The highest BCUT2D eigenvalue weighted by atomic mass is 16.7. The van der Waals surface area contributed by atoms with Gasteiger partial charge in [0.2, 0.25) is 0 Å². The van der Waals surface area contributed by atoms with Gasteiger partial charge in [-0.25, -0.2) is 38.4 Å². The third kappa shape index (κ3) is 29.4. The van der Waals surface area contributed by atoms with E-state index in [0.717, 1.165) is 86.1 Å². The zero-order chi connectivity index (χ0) is 62.9. The van der Waals surface area contributed by atoms with Crippen LogP contribution in [0.3, 0.4) is 0 Å². The van der Waals surface area contributed by atoms with Crippen molar-refractivity contribution in [2.75, 3.05) is 52.9 Å². The zero-order valence-electron chi connectivity index (χ0n) is 48.9. The lowest BCUT2D eigenvalue weighted by Crippen LogP contribution is -2.13. The Morgan fingerprint density at radius 2 is 0.621 bits per heavy atom. The monoisotopic (exact) mass is 1200 g/mol. The molecule has 0 bridgehead atoms. The molecule has 0 radical (unpaired) electrons. The van der Waals surface area contributed by atoms with Gasteiger partial charge in [-0.3, -0.25) is 0 Å². The van der Waals surface area contributed by atoms with Gasteiger partial charge in [0, 0.05) is 24.3 Å². The largest absolute Gasteiger partial charge is 0.513 e. The highest BCUT2D eigenvalue weighted by Gasteiger charge is 2.16. The quantitative estimate of drug-likeness (QED) is 0.00895. The van der Waals surface area contributed by atoms with Crippen molar-refractivity contribution in [3.05, 3.63) is 183 Å². The Morgan fingerprint density at radius 1 is 0.322 bits per heavy atom. The molecule has 0 atom stereocenters. The Bertz CT molecular complexity index is 2920. The van der Waals surface area contributed by atoms with Crippen LogP contribution in [0.2, 0.25) is 0 Å². The van der Waals surface area contributed by atoms with Crippen LogP contribution in [-0.2, 0) is 47.6 Å². The fourth-order valence-electron chi connectivity index (χ4n) is 7.32. The topological polar surface area (TPSA) is 247 Å². The summed E-state index contributed by atoms with van der Waals surface area (Å²) in [5.41, 5.74) is 3.13. The van der Waals surface area contributed by atoms with E-state index in [1.54, 1.807) is 6.92 Å². The third-order valence-corrected chi connectivity index (χ3v) is 12.0. The molecule has 0 amide bonds. The molecule has 0 saturated heterocycles. The lowest BCUT2D eigenvalue weighted by molar-refractivity contribution is -0.138. The summed E-state index contributed by atoms with van der Waals surface area (Å²) in [6.07, 6.45) is 12.3. The molecule has 5 aromatic carbocycles. The van der Waals surface area contributed by atoms with Crippen LogP contribution in [0.25, 0.3) is 11.1 Å². The second-order valence-corrected chi connectivity index (χ2v) is 18.6. The number of hydrogen-bond acceptors (Lipinski definition) is 20. The van der Waals surface area contributed by atoms with Gasteiger partial charge in [0.05, 0.1) is 64.0 Å². The Hall–Kier alpha value is -9.98. The van der Waals surface area contributed by atoms with Crippen molar-refractivity contribution < 1.29 is 95.2 Å². The summed E-state index contributed by atoms with van der Waals surface area (Å²) < 4.78 is 62.3. The number of benzene rings is 5. The maximum Gasteiger partial charge on any atom is 0.513 e. The van der Waals surface area contributed by atoms with Gasteiger partial charge in [-0.05, 0) is 192 Å². The number of rotatable bonds is 37. The molecule has 20 heteroatoms. The van der Waals surface area contributed by atoms with Gasteiger partial charge in [0.15, 0.2) is 0 Å². The highest BCUT2D eigenvalue weighted by Crippen LogP contribution is 2.27. The number of esters is 6. The summed E-state index contributed by atoms with van der Waals surface area (Å²) in [6, 6.07) is 31.9. The first-order valence-corrected chi connectivity index (χ1v) is 28.3. The van der Waals surface area contributed by atoms with Gasteiger partial charge in [-0.1, -0.05) is 50.6 Å². The van der Waals surface area contributed by atoms with Gasteiger partial charge in [-0.2, -0.15) is 0 Å². The number of aryl methyl sites for hydroxylation is 1. The molecule has 87 heavy (non-hydrogen) atoms. The Balaban J connectivity index is 0.000000396. The van der Waals surface area contributed by atoms with Crippen LogP contribution < -0.4 is 28.4 Å². The fourth-order valence-corrected chi connectivity index (χ4v) is 7.32. The molecular weight excluding hydrogens is 1120 g/mol. The van der Waals surface area contributed by atoms with Crippen molar-refractivity contribution in [3.8, 4) is 45.6 Å². The molecule has 0 N–H and O–H groups in total. The minimum absolute atomic E-state index is 0.0665. The summed E-state index contributed by atoms with van der Waals surface area (Å²) >= 11 is 0. The lowest BCUT2D eigenvalue weighted by atomic mass is 10.1. The second kappa shape index (κ2) is 41.1. The van der Waals surface area contributed by atoms with Gasteiger partial charge < -0.3 is 56.8 Å². The minimum atomic E-state index is -0.927. The van der Waals surface area contributed by atoms with Crippen LogP contribution in [0.4, 0.5) is 9.59 Å². The van der Waals surface area contributed by atoms with E-state index in [-0.39, 0.29) is 72.5 Å². The van der Waals surface area contributed by atoms with Crippen LogP contribution in [0, 0.1) is 6.92 Å². The summed E-state index contributed by atoms with van der Waals surface area (Å²) in [5, 5.41) is 0. The molecule has 5 aromatic rings. The van der Waals surface area contributed by atoms with Crippen molar-refractivity contribution >= 4 is 48.1 Å². The smallest absolute Gasteiger partial charge is 0.494 e. The molecule has 462 valence electrons. The zero-order valence-corrected chi connectivity index (χ0v) is 48.9. The molecule has 0 aromatic heterocycles. The third-order valence-electron chi connectivity index (χ3n) is 12.0. The van der Waals surface area contributed by atoms with E-state index in [4.69, 9.17) is 56.8 Å². The molecule has 0 saturated carbocycles. The number of carbonyl (C=O) groups is 8. The Kier molecular flexibility index (Phi) is 32.8. The Labute approximate surface area is 506 Å². The number of unbranched alkanes of at least 4 members (excludes halogenated alkanes) is 8. The summed E-state index contributed by atoms with van der Waals surface area (Å²) in [7, 11) is 0. The van der Waals surface area contributed by atoms with Gasteiger partial charge >= 0.3 is 48.1 Å². The van der Waals surface area contributed by atoms with E-state index in [1.807, 2.05) is 24.3 Å². The molecule has 20 nitrogen and oxygen atoms in total. The number of hydrogen-bond donors (Lipinski definition) is 0. The second-order valence-electron chi connectivity index (χ2n) is 18.6. The molecule has 0 aliphatic carbocycles. The number of ether oxygens (including phenoxy) is 12. The standard InChI is InChI=1S/C37H36O14.C30H38O6/c1-4-32(38)44-20-6-8-22-46-36(42)49-28-14-10-26(11-15-28)34(40)48-30-18-19-31(25(3)24-30)51-35(41)27-12-16-29(17-13-27)50-37(43)47-23-9-7-21-45-33(39)5-2;1-3-29(31)35-23-11-7-5-9-21-33-27-17-13-25(14-18-27)26-15-19-28(20-16-26)34-22-10-6-8-12-24-36-30(32)4-2/h4-5,10-19,24H,1-2,6-9,20-23H2,3H3;3-4,13-20H,1-2,5-12,21-24H2. The fraction of sp³-hybridized carbons (Fsp3) is 0.313. The first-order chi connectivity index (χ1) is 42.2. The Morgan fingerprint density at radius 3 is 0.966 bits per heavy atom. The molecule has 0 heterocycles. The first-order valence-electron chi connectivity index (χ1n) is 28.3. The molecule has 0 aliphatic heterocycles. The van der Waals surface area contributed by atoms with E-state index < -0.39 is 36.2 Å². The van der Waals surface area contributed by atoms with E-state index in [1.165, 1.54) is 78.9 Å². The van der Waals surface area contributed by atoms with Gasteiger partial charge in [-0.15, -0.1) is 0 Å². The van der Waals surface area contributed by atoms with Crippen molar-refractivity contribution in [1.29, 1.82) is 0 Å². The van der Waals surface area contributed by atoms with Crippen LogP contribution in [0.5, 0.6) is 34.5 Å². The maximum atomic E-state index is 12.7. The van der Waals surface area contributed by atoms with Crippen molar-refractivity contribution in [3.63, 3.8) is 0 Å². The van der Waals surface area contributed by atoms with Gasteiger partial charge in [0.25, 0.3) is 0 Å². The van der Waals surface area contributed by atoms with Crippen molar-refractivity contribution in [2.24, 2.45) is 0 Å². The molecular formula is C67H74O20. The SMILES string of the molecule is C=CC(=O)OCCCCCCOc1ccc(-c2ccc(OCCCCCCOC(=O)C=C)cc2)cc1.C=CC(=O)OCCCCOC(=O)Oc1ccc(C(=O)Oc2ccc(OC(=O)c3ccc(OC(=O)OCCCCOC(=O)C=C)cc3)c(C)c2)cc1. The van der Waals surface area contributed by atoms with E-state index in [0.29, 0.717) is 57.7 Å². The maximum absolute atomic E-state index is 12.7. The minimum Gasteiger partial charge on any atom is -0.494 e. The van der Waals surface area contributed by atoms with Crippen molar-refractivity contribution in [1.82, 2.24) is 0 Å². The average Bonchev–Trinajstić information content (AvgIpc) is 2.89. The molecule has 0 unspecified atom stereocenters.